The van der Waals surface area contributed by atoms with Gasteiger partial charge in [0.1, 0.15) is 11.3 Å². The number of carbonyl (C=O) groups excluding carboxylic acids is 1. The van der Waals surface area contributed by atoms with Crippen LogP contribution >= 0.6 is 12.4 Å². The van der Waals surface area contributed by atoms with Crippen molar-refractivity contribution in [3.63, 3.8) is 0 Å². The molecule has 1 fully saturated rings. The standard InChI is InChI=1S/C23H26N2O3.ClH/c1-16-15-20(19-7-11-24-12-8-19)28-23(27)21(16)22(26)25-13-9-18(10-14-25)17-5-3-2-4-6-17;/h2-6,9,15,19,24H,7-8,10-14H2,1H3;1H. The molecule has 1 N–H and O–H groups in total. The first-order chi connectivity index (χ1) is 13.6. The Hall–Kier alpha value is -2.37. The van der Waals surface area contributed by atoms with Crippen molar-refractivity contribution < 1.29 is 9.21 Å². The number of hydrogen-bond donors (Lipinski definition) is 1. The summed E-state index contributed by atoms with van der Waals surface area (Å²) in [6.45, 7) is 4.81. The first-order valence-electron chi connectivity index (χ1n) is 10.0. The van der Waals surface area contributed by atoms with Gasteiger partial charge >= 0.3 is 5.63 Å². The fourth-order valence-corrected chi connectivity index (χ4v) is 4.12. The van der Waals surface area contributed by atoms with E-state index in [0.29, 0.717) is 24.4 Å². The summed E-state index contributed by atoms with van der Waals surface area (Å²) in [7, 11) is 0. The molecule has 0 saturated carbocycles. The van der Waals surface area contributed by atoms with E-state index in [0.717, 1.165) is 32.4 Å². The van der Waals surface area contributed by atoms with Crippen molar-refractivity contribution in [1.82, 2.24) is 10.2 Å². The summed E-state index contributed by atoms with van der Waals surface area (Å²) >= 11 is 0. The van der Waals surface area contributed by atoms with Gasteiger partial charge in [-0.05, 0) is 62.0 Å². The van der Waals surface area contributed by atoms with Crippen LogP contribution in [0, 0.1) is 6.92 Å². The molecule has 1 amide bonds. The number of aryl methyl sites for hydroxylation is 1. The van der Waals surface area contributed by atoms with E-state index < -0.39 is 5.63 Å². The molecular weight excluding hydrogens is 388 g/mol. The van der Waals surface area contributed by atoms with Gasteiger partial charge in [-0.3, -0.25) is 4.79 Å². The van der Waals surface area contributed by atoms with Crippen LogP contribution in [0.3, 0.4) is 0 Å². The molecule has 3 heterocycles. The molecule has 1 aromatic carbocycles. The van der Waals surface area contributed by atoms with Crippen molar-refractivity contribution in [3.05, 3.63) is 75.3 Å². The maximum Gasteiger partial charge on any atom is 0.349 e. The van der Waals surface area contributed by atoms with Crippen LogP contribution in [0.15, 0.2) is 51.7 Å². The lowest BCUT2D eigenvalue weighted by Gasteiger charge is -2.27. The molecule has 4 rings (SSSR count). The molecule has 2 aromatic rings. The van der Waals surface area contributed by atoms with E-state index in [4.69, 9.17) is 4.42 Å². The Morgan fingerprint density at radius 2 is 1.90 bits per heavy atom. The smallest absolute Gasteiger partial charge is 0.349 e. The highest BCUT2D eigenvalue weighted by atomic mass is 35.5. The fourth-order valence-electron chi connectivity index (χ4n) is 4.12. The first-order valence-corrected chi connectivity index (χ1v) is 10.0. The highest BCUT2D eigenvalue weighted by Gasteiger charge is 2.26. The largest absolute Gasteiger partial charge is 0.427 e. The number of rotatable bonds is 3. The monoisotopic (exact) mass is 414 g/mol. The third-order valence-corrected chi connectivity index (χ3v) is 5.76. The Bertz CT molecular complexity index is 946. The van der Waals surface area contributed by atoms with E-state index in [1.165, 1.54) is 11.1 Å². The summed E-state index contributed by atoms with van der Waals surface area (Å²) in [5.41, 5.74) is 2.82. The molecule has 0 spiro atoms. The van der Waals surface area contributed by atoms with E-state index in [-0.39, 0.29) is 29.8 Å². The van der Waals surface area contributed by atoms with Crippen LogP contribution in [0.25, 0.3) is 5.57 Å². The lowest BCUT2D eigenvalue weighted by atomic mass is 9.94. The van der Waals surface area contributed by atoms with Crippen molar-refractivity contribution in [3.8, 4) is 0 Å². The topological polar surface area (TPSA) is 62.6 Å². The van der Waals surface area contributed by atoms with Crippen LogP contribution in [-0.2, 0) is 0 Å². The van der Waals surface area contributed by atoms with Gasteiger partial charge in [0.05, 0.1) is 0 Å². The average molecular weight is 415 g/mol. The van der Waals surface area contributed by atoms with E-state index in [2.05, 4.69) is 23.5 Å². The van der Waals surface area contributed by atoms with Gasteiger partial charge in [0.25, 0.3) is 5.91 Å². The minimum absolute atomic E-state index is 0. The van der Waals surface area contributed by atoms with Gasteiger partial charge in [0, 0.05) is 19.0 Å². The number of amides is 1. The van der Waals surface area contributed by atoms with Gasteiger partial charge in [-0.15, -0.1) is 12.4 Å². The third kappa shape index (κ3) is 4.62. The Morgan fingerprint density at radius 1 is 1.17 bits per heavy atom. The minimum Gasteiger partial charge on any atom is -0.427 e. The number of halogens is 1. The zero-order chi connectivity index (χ0) is 19.5. The predicted octanol–water partition coefficient (Wildman–Crippen LogP) is 3.77. The van der Waals surface area contributed by atoms with E-state index >= 15 is 0 Å². The molecule has 0 bridgehead atoms. The molecule has 2 aliphatic rings. The Balaban J connectivity index is 0.00000240. The van der Waals surface area contributed by atoms with Gasteiger partial charge < -0.3 is 14.6 Å². The molecule has 1 aromatic heterocycles. The normalized spacial score (nSPS) is 17.4. The molecule has 6 heteroatoms. The van der Waals surface area contributed by atoms with E-state index in [9.17, 15) is 9.59 Å². The van der Waals surface area contributed by atoms with E-state index in [1.807, 2.05) is 31.2 Å². The Kier molecular flexibility index (Phi) is 6.93. The number of nitrogens with zero attached hydrogens (tertiary/aromatic N) is 1. The van der Waals surface area contributed by atoms with Crippen molar-refractivity contribution >= 4 is 23.9 Å². The van der Waals surface area contributed by atoms with E-state index in [1.54, 1.807) is 4.90 Å². The lowest BCUT2D eigenvalue weighted by Crippen LogP contribution is -2.38. The molecular formula is C23H27ClN2O3. The molecule has 0 atom stereocenters. The van der Waals surface area contributed by atoms with Gasteiger partial charge in [-0.1, -0.05) is 36.4 Å². The summed E-state index contributed by atoms with van der Waals surface area (Å²) in [5, 5.41) is 3.32. The predicted molar refractivity (Wildman–Crippen MR) is 117 cm³/mol. The summed E-state index contributed by atoms with van der Waals surface area (Å²) in [4.78, 5) is 27.4. The quantitative estimate of drug-likeness (QED) is 0.830. The van der Waals surface area contributed by atoms with Gasteiger partial charge in [0.2, 0.25) is 0 Å². The molecule has 5 nitrogen and oxygen atoms in total. The molecule has 2 aliphatic heterocycles. The van der Waals surface area contributed by atoms with Gasteiger partial charge in [-0.2, -0.15) is 0 Å². The summed E-state index contributed by atoms with van der Waals surface area (Å²) in [5.74, 6) is 0.736. The number of benzene rings is 1. The second-order valence-corrected chi connectivity index (χ2v) is 7.62. The zero-order valence-corrected chi connectivity index (χ0v) is 17.5. The number of piperidine rings is 1. The maximum absolute atomic E-state index is 13.0. The molecule has 0 aliphatic carbocycles. The third-order valence-electron chi connectivity index (χ3n) is 5.76. The summed E-state index contributed by atoms with van der Waals surface area (Å²) in [6, 6.07) is 12.1. The molecule has 29 heavy (non-hydrogen) atoms. The summed E-state index contributed by atoms with van der Waals surface area (Å²) in [6.07, 6.45) is 4.77. The number of hydrogen-bond acceptors (Lipinski definition) is 4. The SMILES string of the molecule is Cc1cc(C2CCNCC2)oc(=O)c1C(=O)N1CC=C(c2ccccc2)CC1.Cl. The number of nitrogens with one attached hydrogen (secondary N) is 1. The second kappa shape index (κ2) is 9.42. The fraction of sp³-hybridized carbons (Fsp3) is 0.391. The van der Waals surface area contributed by atoms with Crippen LogP contribution in [-0.4, -0.2) is 37.0 Å². The molecule has 0 radical (unpaired) electrons. The zero-order valence-electron chi connectivity index (χ0n) is 16.6. The van der Waals surface area contributed by atoms with Crippen LogP contribution in [0.1, 0.15) is 52.4 Å². The van der Waals surface area contributed by atoms with Gasteiger partial charge in [0.15, 0.2) is 0 Å². The maximum atomic E-state index is 13.0. The second-order valence-electron chi connectivity index (χ2n) is 7.62. The number of carbonyl (C=O) groups is 1. The van der Waals surface area contributed by atoms with Crippen LogP contribution < -0.4 is 10.9 Å². The Labute approximate surface area is 177 Å². The van der Waals surface area contributed by atoms with Crippen LogP contribution in [0.5, 0.6) is 0 Å². The minimum atomic E-state index is -0.503. The van der Waals surface area contributed by atoms with Crippen molar-refractivity contribution in [2.45, 2.75) is 32.1 Å². The van der Waals surface area contributed by atoms with Crippen LogP contribution in [0.4, 0.5) is 0 Å². The van der Waals surface area contributed by atoms with Crippen molar-refractivity contribution in [2.75, 3.05) is 26.2 Å². The highest BCUT2D eigenvalue weighted by molar-refractivity contribution is 5.95. The molecule has 1 saturated heterocycles. The lowest BCUT2D eigenvalue weighted by molar-refractivity contribution is 0.0766. The Morgan fingerprint density at radius 3 is 2.52 bits per heavy atom. The van der Waals surface area contributed by atoms with Gasteiger partial charge in [-0.25, -0.2) is 4.79 Å². The highest BCUT2D eigenvalue weighted by Crippen LogP contribution is 2.27. The van der Waals surface area contributed by atoms with Crippen molar-refractivity contribution in [2.24, 2.45) is 0 Å². The summed E-state index contributed by atoms with van der Waals surface area (Å²) < 4.78 is 5.58. The van der Waals surface area contributed by atoms with Crippen LogP contribution in [0.2, 0.25) is 0 Å². The van der Waals surface area contributed by atoms with Crippen molar-refractivity contribution in [1.29, 1.82) is 0 Å². The molecule has 154 valence electrons. The first kappa shape index (κ1) is 21.3. The average Bonchev–Trinajstić information content (AvgIpc) is 2.74. The molecule has 0 unspecified atom stereocenters.